The van der Waals surface area contributed by atoms with Crippen molar-refractivity contribution in [2.24, 2.45) is 13.0 Å². The Morgan fingerprint density at radius 3 is 2.52 bits per heavy atom. The van der Waals surface area contributed by atoms with Gasteiger partial charge in [0.1, 0.15) is 17.8 Å². The highest BCUT2D eigenvalue weighted by molar-refractivity contribution is 7.89. The summed E-state index contributed by atoms with van der Waals surface area (Å²) in [6, 6.07) is 15.3. The fourth-order valence-corrected chi connectivity index (χ4v) is 6.58. The maximum absolute atomic E-state index is 13.4. The van der Waals surface area contributed by atoms with Crippen molar-refractivity contribution < 1.29 is 22.8 Å². The molecule has 0 spiro atoms. The quantitative estimate of drug-likeness (QED) is 0.432. The third-order valence-corrected chi connectivity index (χ3v) is 8.98. The molecular weight excluding hydrogens is 530 g/mol. The van der Waals surface area contributed by atoms with Gasteiger partial charge >= 0.3 is 0 Å². The molecule has 4 rings (SSSR count). The van der Waals surface area contributed by atoms with Gasteiger partial charge in [0.25, 0.3) is 5.91 Å². The van der Waals surface area contributed by atoms with E-state index in [1.54, 1.807) is 23.7 Å². The van der Waals surface area contributed by atoms with Crippen LogP contribution in [0.15, 0.2) is 59.5 Å². The number of ketones is 1. The molecule has 1 aromatic heterocycles. The second-order valence-electron chi connectivity index (χ2n) is 10.4. The van der Waals surface area contributed by atoms with Gasteiger partial charge in [-0.25, -0.2) is 8.42 Å². The number of aryl methyl sites for hydroxylation is 1. The Balaban J connectivity index is 1.48. The molecule has 2 N–H and O–H groups in total. The van der Waals surface area contributed by atoms with Crippen molar-refractivity contribution in [2.75, 3.05) is 13.1 Å². The molecule has 0 radical (unpaired) electrons. The molecule has 10 nitrogen and oxygen atoms in total. The number of aromatic nitrogens is 1. The van der Waals surface area contributed by atoms with Crippen molar-refractivity contribution >= 4 is 38.5 Å². The third kappa shape index (κ3) is 6.08. The Hall–Kier alpha value is -4.01. The van der Waals surface area contributed by atoms with Crippen LogP contribution in [0.5, 0.6) is 0 Å². The molecule has 40 heavy (non-hydrogen) atoms. The van der Waals surface area contributed by atoms with E-state index in [9.17, 15) is 28.1 Å². The van der Waals surface area contributed by atoms with Crippen LogP contribution in [-0.2, 0) is 26.7 Å². The van der Waals surface area contributed by atoms with Gasteiger partial charge in [-0.1, -0.05) is 44.2 Å². The van der Waals surface area contributed by atoms with Gasteiger partial charge in [-0.15, -0.1) is 0 Å². The molecule has 2 amide bonds. The van der Waals surface area contributed by atoms with E-state index in [0.717, 1.165) is 15.2 Å². The van der Waals surface area contributed by atoms with E-state index in [0.29, 0.717) is 18.5 Å². The molecule has 11 heteroatoms. The largest absolute Gasteiger partial charge is 0.344 e. The fraction of sp³-hybridized carbons (Fsp3) is 0.379. The zero-order valence-electron chi connectivity index (χ0n) is 22.8. The van der Waals surface area contributed by atoms with E-state index in [4.69, 9.17) is 0 Å². The number of sulfonamides is 1. The number of fused-ring (bicyclic) bond motifs is 1. The number of carbonyl (C=O) groups is 3. The van der Waals surface area contributed by atoms with E-state index < -0.39 is 46.2 Å². The van der Waals surface area contributed by atoms with Crippen molar-refractivity contribution in [1.29, 1.82) is 5.26 Å². The molecule has 2 atom stereocenters. The average Bonchev–Trinajstić information content (AvgIpc) is 3.15. The predicted octanol–water partition coefficient (Wildman–Crippen LogP) is 2.73. The van der Waals surface area contributed by atoms with Crippen LogP contribution in [0.1, 0.15) is 49.2 Å². The number of hydrogen-bond acceptors (Lipinski definition) is 6. The maximum Gasteiger partial charge on any atom is 0.268 e. The summed E-state index contributed by atoms with van der Waals surface area (Å²) in [5, 5.41) is 15.9. The maximum atomic E-state index is 13.4. The summed E-state index contributed by atoms with van der Waals surface area (Å²) >= 11 is 0. The lowest BCUT2D eigenvalue weighted by Crippen LogP contribution is -2.52. The first-order chi connectivity index (χ1) is 19.0. The minimum Gasteiger partial charge on any atom is -0.344 e. The van der Waals surface area contributed by atoms with Gasteiger partial charge in [0.15, 0.2) is 5.78 Å². The SMILES string of the molecule is CC(C)C[C@H](NC(=O)c1cc2ccccc2n1C)C(=O)NC1CCCN(S(=O)(=O)c2ccccc2C#N)CC1=O. The smallest absolute Gasteiger partial charge is 0.268 e. The molecule has 1 aliphatic rings. The summed E-state index contributed by atoms with van der Waals surface area (Å²) in [4.78, 5) is 39.6. The number of nitriles is 1. The van der Waals surface area contributed by atoms with Crippen LogP contribution in [0.25, 0.3) is 10.9 Å². The lowest BCUT2D eigenvalue weighted by Gasteiger charge is -2.24. The first-order valence-electron chi connectivity index (χ1n) is 13.2. The molecule has 3 aromatic rings. The molecule has 0 aliphatic carbocycles. The normalized spacial score (nSPS) is 17.3. The molecule has 2 aromatic carbocycles. The standard InChI is InChI=1S/C29H33N5O5S/c1-19(2)15-23(32-29(37)25-16-20-9-4-6-12-24(20)33(25)3)28(36)31-22-11-8-14-34(18-26(22)35)40(38,39)27-13-7-5-10-21(27)17-30/h4-7,9-10,12-13,16,19,22-23H,8,11,14-15,18H2,1-3H3,(H,31,36)(H,32,37)/t22?,23-/m0/s1. The lowest BCUT2D eigenvalue weighted by atomic mass is 10.0. The number of amides is 2. The molecule has 1 saturated heterocycles. The van der Waals surface area contributed by atoms with E-state index >= 15 is 0 Å². The molecule has 0 saturated carbocycles. The van der Waals surface area contributed by atoms with Crippen LogP contribution in [0.2, 0.25) is 0 Å². The van der Waals surface area contributed by atoms with E-state index in [1.165, 1.54) is 18.2 Å². The van der Waals surface area contributed by atoms with E-state index in [1.807, 2.05) is 44.2 Å². The van der Waals surface area contributed by atoms with Crippen molar-refractivity contribution in [3.63, 3.8) is 0 Å². The highest BCUT2D eigenvalue weighted by Gasteiger charge is 2.35. The van der Waals surface area contributed by atoms with Crippen molar-refractivity contribution in [3.8, 4) is 6.07 Å². The second kappa shape index (κ2) is 12.0. The summed E-state index contributed by atoms with van der Waals surface area (Å²) in [5.41, 5.74) is 1.30. The van der Waals surface area contributed by atoms with Crippen molar-refractivity contribution in [3.05, 3.63) is 65.9 Å². The van der Waals surface area contributed by atoms with Crippen LogP contribution >= 0.6 is 0 Å². The third-order valence-electron chi connectivity index (χ3n) is 7.08. The zero-order chi connectivity index (χ0) is 29.0. The first kappa shape index (κ1) is 29.0. The minimum atomic E-state index is -4.09. The Labute approximate surface area is 234 Å². The number of para-hydroxylation sites is 1. The summed E-state index contributed by atoms with van der Waals surface area (Å²) in [6.45, 7) is 3.52. The summed E-state index contributed by atoms with van der Waals surface area (Å²) < 4.78 is 29.3. The van der Waals surface area contributed by atoms with Gasteiger partial charge in [-0.05, 0) is 49.4 Å². The highest BCUT2D eigenvalue weighted by atomic mass is 32.2. The van der Waals surface area contributed by atoms with E-state index in [2.05, 4.69) is 10.6 Å². The monoisotopic (exact) mass is 563 g/mol. The number of nitrogens with one attached hydrogen (secondary N) is 2. The number of hydrogen-bond donors (Lipinski definition) is 2. The number of carbonyl (C=O) groups excluding carboxylic acids is 3. The number of Topliss-reactive ketones (excluding diaryl/α,β-unsaturated/α-hetero) is 1. The lowest BCUT2D eigenvalue weighted by molar-refractivity contribution is -0.129. The Morgan fingerprint density at radius 2 is 1.82 bits per heavy atom. The summed E-state index contributed by atoms with van der Waals surface area (Å²) in [7, 11) is -2.30. The number of benzene rings is 2. The zero-order valence-corrected chi connectivity index (χ0v) is 23.6. The average molecular weight is 564 g/mol. The Bertz CT molecular complexity index is 1590. The second-order valence-corrected chi connectivity index (χ2v) is 12.3. The van der Waals surface area contributed by atoms with Crippen LogP contribution < -0.4 is 10.6 Å². The summed E-state index contributed by atoms with van der Waals surface area (Å²) in [6.07, 6.45) is 0.942. The fourth-order valence-electron chi connectivity index (χ4n) is 4.99. The van der Waals surface area contributed by atoms with Gasteiger partial charge in [0.2, 0.25) is 15.9 Å². The van der Waals surface area contributed by atoms with Crippen LogP contribution in [0.4, 0.5) is 0 Å². The number of nitrogens with zero attached hydrogens (tertiary/aromatic N) is 3. The minimum absolute atomic E-state index is 0.00226. The van der Waals surface area contributed by atoms with Gasteiger partial charge in [0.05, 0.1) is 23.0 Å². The molecular formula is C29H33N5O5S. The van der Waals surface area contributed by atoms with Crippen LogP contribution in [0, 0.1) is 17.2 Å². The summed E-state index contributed by atoms with van der Waals surface area (Å²) in [5.74, 6) is -1.27. The molecule has 1 aliphatic heterocycles. The molecule has 210 valence electrons. The Morgan fingerprint density at radius 1 is 1.12 bits per heavy atom. The van der Waals surface area contributed by atoms with Gasteiger partial charge < -0.3 is 15.2 Å². The van der Waals surface area contributed by atoms with Crippen LogP contribution in [-0.4, -0.2) is 60.1 Å². The van der Waals surface area contributed by atoms with Crippen molar-refractivity contribution in [2.45, 2.75) is 50.1 Å². The van der Waals surface area contributed by atoms with E-state index in [-0.39, 0.29) is 29.3 Å². The van der Waals surface area contributed by atoms with Gasteiger partial charge in [0, 0.05) is 24.5 Å². The molecule has 1 unspecified atom stereocenters. The predicted molar refractivity (Wildman–Crippen MR) is 150 cm³/mol. The van der Waals surface area contributed by atoms with Crippen molar-refractivity contribution in [1.82, 2.24) is 19.5 Å². The highest BCUT2D eigenvalue weighted by Crippen LogP contribution is 2.23. The molecule has 0 bridgehead atoms. The molecule has 2 heterocycles. The molecule has 1 fully saturated rings. The number of rotatable bonds is 8. The Kier molecular flexibility index (Phi) is 8.71. The van der Waals surface area contributed by atoms with Gasteiger partial charge in [-0.2, -0.15) is 9.57 Å². The topological polar surface area (TPSA) is 141 Å². The first-order valence-corrected chi connectivity index (χ1v) is 14.6. The van der Waals surface area contributed by atoms with Crippen LogP contribution in [0.3, 0.4) is 0 Å². The van der Waals surface area contributed by atoms with Gasteiger partial charge in [-0.3, -0.25) is 14.4 Å².